The van der Waals surface area contributed by atoms with Crippen LogP contribution in [0.15, 0.2) is 42.8 Å². The first-order valence-corrected chi connectivity index (χ1v) is 6.07. The Morgan fingerprint density at radius 1 is 1.35 bits per heavy atom. The van der Waals surface area contributed by atoms with Crippen LogP contribution in [0.4, 0.5) is 4.79 Å². The highest BCUT2D eigenvalue weighted by atomic mass is 16.6. The van der Waals surface area contributed by atoms with Gasteiger partial charge in [0.1, 0.15) is 13.2 Å². The molecule has 1 aliphatic heterocycles. The van der Waals surface area contributed by atoms with E-state index in [1.54, 1.807) is 0 Å². The van der Waals surface area contributed by atoms with Crippen molar-refractivity contribution in [3.05, 3.63) is 48.4 Å². The Hall–Kier alpha value is -2.50. The zero-order valence-electron chi connectivity index (χ0n) is 11.0. The van der Waals surface area contributed by atoms with E-state index < -0.39 is 18.1 Å². The fourth-order valence-electron chi connectivity index (χ4n) is 1.74. The first-order valence-electron chi connectivity index (χ1n) is 6.07. The normalized spacial score (nSPS) is 17.2. The molecule has 20 heavy (non-hydrogen) atoms. The van der Waals surface area contributed by atoms with Gasteiger partial charge in [0.25, 0.3) is 0 Å². The molecular weight excluding hydrogens is 262 g/mol. The van der Waals surface area contributed by atoms with E-state index in [9.17, 15) is 9.59 Å². The zero-order valence-corrected chi connectivity index (χ0v) is 11.0. The smallest absolute Gasteiger partial charge is 0.415 e. The molecule has 0 aromatic heterocycles. The van der Waals surface area contributed by atoms with E-state index >= 15 is 0 Å². The minimum atomic E-state index is -0.826. The van der Waals surface area contributed by atoms with Gasteiger partial charge in [-0.05, 0) is 5.56 Å². The lowest BCUT2D eigenvalue weighted by Gasteiger charge is -2.28. The summed E-state index contributed by atoms with van der Waals surface area (Å²) in [5.41, 5.74) is 0.868. The summed E-state index contributed by atoms with van der Waals surface area (Å²) in [6, 6.07) is 8.46. The highest BCUT2D eigenvalue weighted by molar-refractivity contribution is 5.82. The number of rotatable bonds is 3. The van der Waals surface area contributed by atoms with Crippen molar-refractivity contribution in [1.29, 1.82) is 0 Å². The van der Waals surface area contributed by atoms with Crippen LogP contribution in [0.3, 0.4) is 0 Å². The maximum Gasteiger partial charge on any atom is 0.415 e. The number of methoxy groups -OCH3 is 1. The number of carbonyl (C=O) groups excluding carboxylic acids is 2. The largest absolute Gasteiger partial charge is 0.497 e. The van der Waals surface area contributed by atoms with Crippen LogP contribution in [0.5, 0.6) is 0 Å². The minimum Gasteiger partial charge on any atom is -0.497 e. The zero-order chi connectivity index (χ0) is 14.4. The van der Waals surface area contributed by atoms with E-state index in [1.807, 2.05) is 30.3 Å². The fourth-order valence-corrected chi connectivity index (χ4v) is 1.74. The summed E-state index contributed by atoms with van der Waals surface area (Å²) in [5, 5.41) is 0. The SMILES string of the molecule is COC(=O)[C@@H]1COC=CN1C(=O)OCc1ccccc1. The minimum absolute atomic E-state index is 0.0452. The average Bonchev–Trinajstić information content (AvgIpc) is 2.52. The number of benzene rings is 1. The summed E-state index contributed by atoms with van der Waals surface area (Å²) in [7, 11) is 1.26. The quantitative estimate of drug-likeness (QED) is 0.786. The maximum absolute atomic E-state index is 12.0. The molecule has 1 heterocycles. The van der Waals surface area contributed by atoms with Crippen molar-refractivity contribution in [2.45, 2.75) is 12.6 Å². The Kier molecular flexibility index (Phi) is 4.60. The van der Waals surface area contributed by atoms with Gasteiger partial charge >= 0.3 is 12.1 Å². The van der Waals surface area contributed by atoms with Gasteiger partial charge in [-0.3, -0.25) is 4.90 Å². The Labute approximate surface area is 116 Å². The molecule has 0 spiro atoms. The molecule has 0 bridgehead atoms. The standard InChI is InChI=1S/C14H15NO5/c1-18-13(16)12-10-19-8-7-15(12)14(17)20-9-11-5-3-2-4-6-11/h2-8,12H,9-10H2,1H3/t12-/m0/s1. The molecule has 6 nitrogen and oxygen atoms in total. The summed E-state index contributed by atoms with van der Waals surface area (Å²) in [4.78, 5) is 24.7. The van der Waals surface area contributed by atoms with Crippen molar-refractivity contribution >= 4 is 12.1 Å². The first-order chi connectivity index (χ1) is 9.72. The topological polar surface area (TPSA) is 65.1 Å². The van der Waals surface area contributed by atoms with Gasteiger partial charge in [-0.25, -0.2) is 9.59 Å². The fraction of sp³-hybridized carbons (Fsp3) is 0.286. The summed E-state index contributed by atoms with van der Waals surface area (Å²) in [5.74, 6) is -0.550. The van der Waals surface area contributed by atoms with Gasteiger partial charge in [0.15, 0.2) is 6.04 Å². The predicted octanol–water partition coefficient (Wildman–Crippen LogP) is 1.67. The Balaban J connectivity index is 1.98. The van der Waals surface area contributed by atoms with Crippen LogP contribution in [0.2, 0.25) is 0 Å². The van der Waals surface area contributed by atoms with Crippen molar-refractivity contribution in [2.75, 3.05) is 13.7 Å². The number of ether oxygens (including phenoxy) is 3. The molecule has 6 heteroatoms. The second kappa shape index (κ2) is 6.60. The number of nitrogens with zero attached hydrogens (tertiary/aromatic N) is 1. The second-order valence-electron chi connectivity index (χ2n) is 4.10. The third kappa shape index (κ3) is 3.28. The molecule has 0 aliphatic carbocycles. The third-order valence-electron chi connectivity index (χ3n) is 2.80. The van der Waals surface area contributed by atoms with Crippen molar-refractivity contribution in [1.82, 2.24) is 4.90 Å². The van der Waals surface area contributed by atoms with Crippen molar-refractivity contribution in [3.8, 4) is 0 Å². The first kappa shape index (κ1) is 13.9. The van der Waals surface area contributed by atoms with Crippen LogP contribution in [0, 0.1) is 0 Å². The monoisotopic (exact) mass is 277 g/mol. The van der Waals surface area contributed by atoms with E-state index in [0.29, 0.717) is 0 Å². The van der Waals surface area contributed by atoms with Gasteiger partial charge in [-0.2, -0.15) is 0 Å². The summed E-state index contributed by atoms with van der Waals surface area (Å²) in [6.45, 7) is 0.183. The maximum atomic E-state index is 12.0. The van der Waals surface area contributed by atoms with Crippen LogP contribution in [0.1, 0.15) is 5.56 Å². The molecule has 0 saturated heterocycles. The molecule has 2 rings (SSSR count). The molecule has 0 N–H and O–H groups in total. The van der Waals surface area contributed by atoms with Crippen LogP contribution in [-0.4, -0.2) is 36.7 Å². The molecule has 0 saturated carbocycles. The van der Waals surface area contributed by atoms with E-state index in [-0.39, 0.29) is 13.2 Å². The van der Waals surface area contributed by atoms with Gasteiger partial charge in [0, 0.05) is 6.20 Å². The molecule has 106 valence electrons. The van der Waals surface area contributed by atoms with Gasteiger partial charge in [-0.15, -0.1) is 0 Å². The highest BCUT2D eigenvalue weighted by Crippen LogP contribution is 2.12. The number of hydrogen-bond donors (Lipinski definition) is 0. The van der Waals surface area contributed by atoms with Gasteiger partial charge in [-0.1, -0.05) is 30.3 Å². The molecule has 1 aromatic rings. The highest BCUT2D eigenvalue weighted by Gasteiger charge is 2.33. The predicted molar refractivity (Wildman–Crippen MR) is 69.4 cm³/mol. The molecular formula is C14H15NO5. The van der Waals surface area contributed by atoms with Crippen LogP contribution < -0.4 is 0 Å². The molecule has 0 fully saturated rings. The van der Waals surface area contributed by atoms with Gasteiger partial charge in [0.2, 0.25) is 0 Å². The Bertz CT molecular complexity index is 500. The molecule has 1 atom stereocenters. The molecule has 1 aromatic carbocycles. The summed E-state index contributed by atoms with van der Waals surface area (Å²) in [6.07, 6.45) is 2.07. The average molecular weight is 277 g/mol. The Morgan fingerprint density at radius 2 is 2.10 bits per heavy atom. The second-order valence-corrected chi connectivity index (χ2v) is 4.10. The molecule has 1 aliphatic rings. The van der Waals surface area contributed by atoms with E-state index in [4.69, 9.17) is 9.47 Å². The van der Waals surface area contributed by atoms with E-state index in [2.05, 4.69) is 4.74 Å². The van der Waals surface area contributed by atoms with Crippen molar-refractivity contribution < 1.29 is 23.8 Å². The Morgan fingerprint density at radius 3 is 2.80 bits per heavy atom. The third-order valence-corrected chi connectivity index (χ3v) is 2.80. The van der Waals surface area contributed by atoms with Crippen molar-refractivity contribution in [3.63, 3.8) is 0 Å². The van der Waals surface area contributed by atoms with Gasteiger partial charge in [0.05, 0.1) is 13.4 Å². The van der Waals surface area contributed by atoms with Crippen LogP contribution in [-0.2, 0) is 25.6 Å². The van der Waals surface area contributed by atoms with Gasteiger partial charge < -0.3 is 14.2 Å². The summed E-state index contributed by atoms with van der Waals surface area (Å²) < 4.78 is 14.8. The lowest BCUT2D eigenvalue weighted by atomic mass is 10.2. The van der Waals surface area contributed by atoms with Crippen molar-refractivity contribution in [2.24, 2.45) is 0 Å². The molecule has 0 unspecified atom stereocenters. The van der Waals surface area contributed by atoms with E-state index in [0.717, 1.165) is 10.5 Å². The van der Waals surface area contributed by atoms with Crippen LogP contribution >= 0.6 is 0 Å². The number of hydrogen-bond acceptors (Lipinski definition) is 5. The number of esters is 1. The number of amides is 1. The van der Waals surface area contributed by atoms with Crippen LogP contribution in [0.25, 0.3) is 0 Å². The molecule has 0 radical (unpaired) electrons. The number of carbonyl (C=O) groups is 2. The van der Waals surface area contributed by atoms with E-state index in [1.165, 1.54) is 19.6 Å². The lowest BCUT2D eigenvalue weighted by molar-refractivity contribution is -0.147. The molecule has 1 amide bonds. The lowest BCUT2D eigenvalue weighted by Crippen LogP contribution is -2.47. The summed E-state index contributed by atoms with van der Waals surface area (Å²) >= 11 is 0.